The Morgan fingerprint density at radius 3 is 2.53 bits per heavy atom. The van der Waals surface area contributed by atoms with Gasteiger partial charge in [0.25, 0.3) is 5.56 Å². The van der Waals surface area contributed by atoms with Crippen molar-refractivity contribution in [1.82, 2.24) is 14.9 Å². The van der Waals surface area contributed by atoms with Crippen LogP contribution in [0, 0.1) is 6.92 Å². The van der Waals surface area contributed by atoms with Crippen LogP contribution in [0.2, 0.25) is 0 Å². The lowest BCUT2D eigenvalue weighted by Crippen LogP contribution is -2.48. The Morgan fingerprint density at radius 2 is 2.00 bits per heavy atom. The lowest BCUT2D eigenvalue weighted by atomic mass is 10.3. The van der Waals surface area contributed by atoms with Crippen LogP contribution in [0.4, 0.5) is 5.95 Å². The fraction of sp³-hybridized carbons (Fsp3) is 0.545. The zero-order valence-electron chi connectivity index (χ0n) is 10.1. The highest BCUT2D eigenvalue weighted by molar-refractivity contribution is 5.73. The molecule has 0 bridgehead atoms. The molecular weight excluding hydrogens is 220 g/mol. The largest absolute Gasteiger partial charge is 0.339 e. The number of carbonyl (C=O) groups is 1. The number of aryl methyl sites for hydroxylation is 1. The number of hydrogen-bond donors (Lipinski definition) is 1. The quantitative estimate of drug-likeness (QED) is 0.730. The minimum Gasteiger partial charge on any atom is -0.339 e. The summed E-state index contributed by atoms with van der Waals surface area (Å²) in [4.78, 5) is 33.3. The van der Waals surface area contributed by atoms with E-state index < -0.39 is 0 Å². The average Bonchev–Trinajstić information content (AvgIpc) is 2.28. The van der Waals surface area contributed by atoms with Crippen LogP contribution in [0.5, 0.6) is 0 Å². The van der Waals surface area contributed by atoms with Crippen LogP contribution in [-0.4, -0.2) is 47.0 Å². The topological polar surface area (TPSA) is 69.3 Å². The Hall–Kier alpha value is -1.85. The highest BCUT2D eigenvalue weighted by atomic mass is 16.2. The summed E-state index contributed by atoms with van der Waals surface area (Å²) in [5.74, 6) is 0.688. The zero-order valence-corrected chi connectivity index (χ0v) is 10.1. The molecule has 1 fully saturated rings. The van der Waals surface area contributed by atoms with Crippen molar-refractivity contribution in [2.45, 2.75) is 13.8 Å². The van der Waals surface area contributed by atoms with Crippen LogP contribution in [-0.2, 0) is 4.79 Å². The highest BCUT2D eigenvalue weighted by Gasteiger charge is 2.20. The molecular formula is C11H16N4O2. The van der Waals surface area contributed by atoms with E-state index in [-0.39, 0.29) is 11.5 Å². The van der Waals surface area contributed by atoms with Gasteiger partial charge in [0, 0.05) is 44.9 Å². The van der Waals surface area contributed by atoms with Crippen LogP contribution in [0.1, 0.15) is 12.6 Å². The molecule has 0 saturated carbocycles. The molecule has 0 aromatic carbocycles. The number of carbonyl (C=O) groups excluding carboxylic acids is 1. The first-order valence-electron chi connectivity index (χ1n) is 5.64. The van der Waals surface area contributed by atoms with Gasteiger partial charge in [-0.05, 0) is 6.92 Å². The maximum atomic E-state index is 11.3. The van der Waals surface area contributed by atoms with Crippen molar-refractivity contribution in [3.8, 4) is 0 Å². The smallest absolute Gasteiger partial charge is 0.252 e. The minimum absolute atomic E-state index is 0.0929. The van der Waals surface area contributed by atoms with Crippen LogP contribution in [0.25, 0.3) is 0 Å². The van der Waals surface area contributed by atoms with Gasteiger partial charge in [-0.25, -0.2) is 4.98 Å². The number of rotatable bonds is 1. The van der Waals surface area contributed by atoms with Gasteiger partial charge in [-0.3, -0.25) is 14.6 Å². The molecule has 1 aliphatic rings. The first kappa shape index (κ1) is 11.6. The van der Waals surface area contributed by atoms with E-state index in [1.807, 2.05) is 4.90 Å². The van der Waals surface area contributed by atoms with Gasteiger partial charge < -0.3 is 9.80 Å². The molecule has 0 unspecified atom stereocenters. The molecule has 6 nitrogen and oxygen atoms in total. The summed E-state index contributed by atoms with van der Waals surface area (Å²) >= 11 is 0. The summed E-state index contributed by atoms with van der Waals surface area (Å²) in [5.41, 5.74) is 0.569. The predicted octanol–water partition coefficient (Wildman–Crippen LogP) is -0.253. The lowest BCUT2D eigenvalue weighted by molar-refractivity contribution is -0.129. The molecule has 6 heteroatoms. The Kier molecular flexibility index (Phi) is 3.12. The summed E-state index contributed by atoms with van der Waals surface area (Å²) in [7, 11) is 0. The van der Waals surface area contributed by atoms with Gasteiger partial charge in [0.2, 0.25) is 11.9 Å². The maximum absolute atomic E-state index is 11.3. The van der Waals surface area contributed by atoms with Crippen LogP contribution in [0.3, 0.4) is 0 Å². The fourth-order valence-electron chi connectivity index (χ4n) is 1.95. The third kappa shape index (κ3) is 2.64. The predicted molar refractivity (Wildman–Crippen MR) is 64.1 cm³/mol. The second-order valence-electron chi connectivity index (χ2n) is 4.20. The molecule has 1 amide bonds. The molecule has 1 aromatic heterocycles. The molecule has 92 valence electrons. The number of nitrogens with one attached hydrogen (secondary N) is 1. The lowest BCUT2D eigenvalue weighted by Gasteiger charge is -2.34. The van der Waals surface area contributed by atoms with Crippen LogP contribution < -0.4 is 10.5 Å². The van der Waals surface area contributed by atoms with Crippen LogP contribution >= 0.6 is 0 Å². The van der Waals surface area contributed by atoms with E-state index in [9.17, 15) is 9.59 Å². The van der Waals surface area contributed by atoms with Crippen molar-refractivity contribution < 1.29 is 4.79 Å². The van der Waals surface area contributed by atoms with Gasteiger partial charge >= 0.3 is 0 Å². The number of anilines is 1. The number of amides is 1. The Labute approximate surface area is 99.3 Å². The normalized spacial score (nSPS) is 16.1. The molecule has 1 aliphatic heterocycles. The van der Waals surface area contributed by atoms with Crippen molar-refractivity contribution in [2.75, 3.05) is 31.1 Å². The van der Waals surface area contributed by atoms with E-state index in [0.717, 1.165) is 0 Å². The fourth-order valence-corrected chi connectivity index (χ4v) is 1.95. The van der Waals surface area contributed by atoms with Crippen molar-refractivity contribution in [3.63, 3.8) is 0 Å². The Morgan fingerprint density at radius 1 is 1.35 bits per heavy atom. The van der Waals surface area contributed by atoms with Crippen molar-refractivity contribution in [1.29, 1.82) is 0 Å². The number of hydrogen-bond acceptors (Lipinski definition) is 4. The number of aromatic nitrogens is 2. The highest BCUT2D eigenvalue weighted by Crippen LogP contribution is 2.09. The third-order valence-corrected chi connectivity index (χ3v) is 2.88. The molecule has 2 heterocycles. The van der Waals surface area contributed by atoms with Crippen molar-refractivity contribution in [3.05, 3.63) is 22.1 Å². The number of H-pyrrole nitrogens is 1. The molecule has 1 saturated heterocycles. The van der Waals surface area contributed by atoms with E-state index in [0.29, 0.717) is 37.8 Å². The number of nitrogens with zero attached hydrogens (tertiary/aromatic N) is 3. The third-order valence-electron chi connectivity index (χ3n) is 2.88. The monoisotopic (exact) mass is 236 g/mol. The van der Waals surface area contributed by atoms with Gasteiger partial charge in [0.15, 0.2) is 0 Å². The van der Waals surface area contributed by atoms with Crippen molar-refractivity contribution >= 4 is 11.9 Å². The number of aromatic amines is 1. The van der Waals surface area contributed by atoms with Gasteiger partial charge in [-0.1, -0.05) is 0 Å². The average molecular weight is 236 g/mol. The zero-order chi connectivity index (χ0) is 12.4. The van der Waals surface area contributed by atoms with E-state index in [1.165, 1.54) is 6.07 Å². The van der Waals surface area contributed by atoms with E-state index in [1.54, 1.807) is 18.7 Å². The standard InChI is InChI=1S/C11H16N4O2/c1-8-7-10(17)13-11(12-8)15-5-3-14(4-6-15)9(2)16/h7H,3-6H2,1-2H3,(H,12,13,17). The maximum Gasteiger partial charge on any atom is 0.252 e. The van der Waals surface area contributed by atoms with Gasteiger partial charge in [0.1, 0.15) is 0 Å². The first-order chi connectivity index (χ1) is 8.06. The molecule has 1 N–H and O–H groups in total. The summed E-state index contributed by atoms with van der Waals surface area (Å²) < 4.78 is 0. The van der Waals surface area contributed by atoms with Gasteiger partial charge in [0.05, 0.1) is 0 Å². The summed E-state index contributed by atoms with van der Waals surface area (Å²) in [6.07, 6.45) is 0. The number of piperazine rings is 1. The molecule has 0 spiro atoms. The summed E-state index contributed by atoms with van der Waals surface area (Å²) in [6, 6.07) is 1.47. The van der Waals surface area contributed by atoms with E-state index in [4.69, 9.17) is 0 Å². The second-order valence-corrected chi connectivity index (χ2v) is 4.20. The molecule has 1 aromatic rings. The van der Waals surface area contributed by atoms with Gasteiger partial charge in [-0.15, -0.1) is 0 Å². The first-order valence-corrected chi connectivity index (χ1v) is 5.64. The van der Waals surface area contributed by atoms with Crippen LogP contribution in [0.15, 0.2) is 10.9 Å². The van der Waals surface area contributed by atoms with E-state index >= 15 is 0 Å². The van der Waals surface area contributed by atoms with Crippen molar-refractivity contribution in [2.24, 2.45) is 0 Å². The molecule has 0 radical (unpaired) electrons. The van der Waals surface area contributed by atoms with Gasteiger partial charge in [-0.2, -0.15) is 0 Å². The molecule has 0 atom stereocenters. The SMILES string of the molecule is CC(=O)N1CCN(c2nc(C)cc(=O)[nH]2)CC1. The molecule has 2 rings (SSSR count). The van der Waals surface area contributed by atoms with E-state index in [2.05, 4.69) is 9.97 Å². The Bertz CT molecular complexity index is 475. The molecule has 17 heavy (non-hydrogen) atoms. The summed E-state index contributed by atoms with van der Waals surface area (Å²) in [5, 5.41) is 0. The second kappa shape index (κ2) is 4.57. The Balaban J connectivity index is 2.10. The minimum atomic E-state index is -0.138. The summed E-state index contributed by atoms with van der Waals surface area (Å²) in [6.45, 7) is 6.12. The molecule has 0 aliphatic carbocycles.